The zero-order valence-corrected chi connectivity index (χ0v) is 16.6. The van der Waals surface area contributed by atoms with E-state index in [-0.39, 0.29) is 10.6 Å². The van der Waals surface area contributed by atoms with Crippen LogP contribution < -0.4 is 10.1 Å². The molecule has 0 bridgehead atoms. The average molecular weight is 433 g/mol. The molecule has 30 heavy (non-hydrogen) atoms. The van der Waals surface area contributed by atoms with E-state index in [2.05, 4.69) is 5.32 Å². The van der Waals surface area contributed by atoms with Crippen LogP contribution in [0.5, 0.6) is 5.75 Å². The number of carboxylic acids is 2. The van der Waals surface area contributed by atoms with Crippen molar-refractivity contribution >= 4 is 29.0 Å². The van der Waals surface area contributed by atoms with Crippen molar-refractivity contribution in [3.8, 4) is 16.2 Å². The van der Waals surface area contributed by atoms with Crippen LogP contribution in [0.1, 0.15) is 20.8 Å². The van der Waals surface area contributed by atoms with E-state index in [1.807, 2.05) is 12.1 Å². The summed E-state index contributed by atoms with van der Waals surface area (Å²) in [4.78, 5) is 22.9. The molecule has 0 saturated carbocycles. The van der Waals surface area contributed by atoms with Gasteiger partial charge in [0.25, 0.3) is 0 Å². The van der Waals surface area contributed by atoms with Gasteiger partial charge in [0, 0.05) is 28.7 Å². The van der Waals surface area contributed by atoms with Crippen LogP contribution in [0.15, 0.2) is 42.5 Å². The lowest BCUT2D eigenvalue weighted by Gasteiger charge is -2.09. The third-order valence-corrected chi connectivity index (χ3v) is 5.54. The van der Waals surface area contributed by atoms with Crippen molar-refractivity contribution in [1.82, 2.24) is 0 Å². The summed E-state index contributed by atoms with van der Waals surface area (Å²) < 4.78 is 31.6. The number of anilines is 1. The first-order valence-corrected chi connectivity index (χ1v) is 9.57. The van der Waals surface area contributed by atoms with Crippen LogP contribution in [-0.2, 0) is 11.3 Å². The first kappa shape index (κ1) is 21.3. The highest BCUT2D eigenvalue weighted by Crippen LogP contribution is 2.41. The number of rotatable bonds is 8. The summed E-state index contributed by atoms with van der Waals surface area (Å²) >= 11 is 0.997. The van der Waals surface area contributed by atoms with Gasteiger partial charge in [0.05, 0.1) is 0 Å². The Labute approximate surface area is 174 Å². The maximum atomic E-state index is 13.3. The number of carboxylic acid groups (broad SMARTS) is 2. The van der Waals surface area contributed by atoms with Gasteiger partial charge in [-0.25, -0.2) is 18.4 Å². The molecule has 0 atom stereocenters. The molecule has 1 heterocycles. The molecule has 9 heteroatoms. The number of nitrogens with one attached hydrogen (secondary N) is 1. The van der Waals surface area contributed by atoms with Crippen molar-refractivity contribution in [3.05, 3.63) is 70.1 Å². The number of thiophene rings is 1. The first-order chi connectivity index (χ1) is 14.3. The number of halogens is 2. The fourth-order valence-corrected chi connectivity index (χ4v) is 3.94. The molecule has 0 aliphatic carbocycles. The van der Waals surface area contributed by atoms with Crippen molar-refractivity contribution in [2.75, 3.05) is 11.9 Å². The van der Waals surface area contributed by atoms with Gasteiger partial charge in [-0.3, -0.25) is 0 Å². The zero-order valence-electron chi connectivity index (χ0n) is 15.7. The van der Waals surface area contributed by atoms with Gasteiger partial charge in [-0.1, -0.05) is 18.2 Å². The van der Waals surface area contributed by atoms with Gasteiger partial charge in [-0.05, 0) is 36.2 Å². The van der Waals surface area contributed by atoms with Gasteiger partial charge in [0.1, 0.15) is 5.75 Å². The summed E-state index contributed by atoms with van der Waals surface area (Å²) in [5, 5.41) is 21.3. The molecule has 0 aliphatic heterocycles. The Kier molecular flexibility index (Phi) is 6.31. The van der Waals surface area contributed by atoms with Crippen LogP contribution in [0.4, 0.5) is 14.5 Å². The molecule has 0 amide bonds. The SMILES string of the molecule is Cc1c(-c2cccc(CNc3ccc(F)c(F)c3)c2)sc(C(=O)O)c1OCC(=O)O. The highest BCUT2D eigenvalue weighted by Gasteiger charge is 2.23. The van der Waals surface area contributed by atoms with Crippen molar-refractivity contribution < 1.29 is 33.3 Å². The van der Waals surface area contributed by atoms with Crippen molar-refractivity contribution in [2.45, 2.75) is 13.5 Å². The van der Waals surface area contributed by atoms with E-state index in [4.69, 9.17) is 9.84 Å². The van der Waals surface area contributed by atoms with Gasteiger partial charge < -0.3 is 20.3 Å². The molecule has 0 saturated heterocycles. The van der Waals surface area contributed by atoms with Crippen LogP contribution in [0.3, 0.4) is 0 Å². The minimum atomic E-state index is -1.20. The van der Waals surface area contributed by atoms with E-state index in [1.165, 1.54) is 6.07 Å². The predicted molar refractivity (Wildman–Crippen MR) is 108 cm³/mol. The fourth-order valence-electron chi connectivity index (χ4n) is 2.86. The van der Waals surface area contributed by atoms with E-state index < -0.39 is 30.2 Å². The maximum absolute atomic E-state index is 13.3. The number of hydrogen-bond donors (Lipinski definition) is 3. The highest BCUT2D eigenvalue weighted by atomic mass is 32.1. The summed E-state index contributed by atoms with van der Waals surface area (Å²) in [5.41, 5.74) is 2.51. The predicted octanol–water partition coefficient (Wildman–Crippen LogP) is 4.78. The number of benzene rings is 2. The molecule has 0 spiro atoms. The van der Waals surface area contributed by atoms with Gasteiger partial charge >= 0.3 is 11.9 Å². The number of aliphatic carboxylic acids is 1. The number of carbonyl (C=O) groups is 2. The Morgan fingerprint density at radius 3 is 2.53 bits per heavy atom. The van der Waals surface area contributed by atoms with Gasteiger partial charge in [0.15, 0.2) is 23.1 Å². The minimum absolute atomic E-state index is 0.0372. The first-order valence-electron chi connectivity index (χ1n) is 8.75. The molecular formula is C21H17F2NO5S. The third-order valence-electron chi connectivity index (χ3n) is 4.23. The van der Waals surface area contributed by atoms with Gasteiger partial charge in [0.2, 0.25) is 0 Å². The monoisotopic (exact) mass is 433 g/mol. The van der Waals surface area contributed by atoms with E-state index >= 15 is 0 Å². The molecule has 3 aromatic rings. The Morgan fingerprint density at radius 2 is 1.87 bits per heavy atom. The molecule has 2 aromatic carbocycles. The molecule has 1 aromatic heterocycles. The fraction of sp³-hybridized carbons (Fsp3) is 0.143. The minimum Gasteiger partial charge on any atom is -0.480 e. The highest BCUT2D eigenvalue weighted by molar-refractivity contribution is 7.18. The van der Waals surface area contributed by atoms with Gasteiger partial charge in [-0.15, -0.1) is 11.3 Å². The number of hydrogen-bond acceptors (Lipinski definition) is 5. The van der Waals surface area contributed by atoms with Crippen LogP contribution >= 0.6 is 11.3 Å². The molecule has 0 unspecified atom stereocenters. The lowest BCUT2D eigenvalue weighted by Crippen LogP contribution is -2.11. The normalized spacial score (nSPS) is 10.6. The van der Waals surface area contributed by atoms with E-state index in [0.29, 0.717) is 22.7 Å². The molecule has 0 fully saturated rings. The van der Waals surface area contributed by atoms with Crippen LogP contribution in [-0.4, -0.2) is 28.8 Å². The second-order valence-electron chi connectivity index (χ2n) is 6.38. The zero-order chi connectivity index (χ0) is 21.8. The van der Waals surface area contributed by atoms with Crippen molar-refractivity contribution in [3.63, 3.8) is 0 Å². The topological polar surface area (TPSA) is 95.9 Å². The molecular weight excluding hydrogens is 416 g/mol. The molecule has 0 aliphatic rings. The molecule has 156 valence electrons. The van der Waals surface area contributed by atoms with Crippen molar-refractivity contribution in [1.29, 1.82) is 0 Å². The summed E-state index contributed by atoms with van der Waals surface area (Å²) in [6.07, 6.45) is 0. The Bertz CT molecular complexity index is 1110. The molecule has 3 rings (SSSR count). The summed E-state index contributed by atoms with van der Waals surface area (Å²) in [7, 11) is 0. The lowest BCUT2D eigenvalue weighted by atomic mass is 10.1. The largest absolute Gasteiger partial charge is 0.480 e. The van der Waals surface area contributed by atoms with Crippen LogP contribution in [0.2, 0.25) is 0 Å². The third kappa shape index (κ3) is 4.74. The molecule has 6 nitrogen and oxygen atoms in total. The maximum Gasteiger partial charge on any atom is 0.349 e. The summed E-state index contributed by atoms with van der Waals surface area (Å²) in [6.45, 7) is 1.36. The Morgan fingerprint density at radius 1 is 1.10 bits per heavy atom. The van der Waals surface area contributed by atoms with Crippen molar-refractivity contribution in [2.24, 2.45) is 0 Å². The standard InChI is InChI=1S/C21H17F2NO5S/c1-11-18(29-10-17(25)26)20(21(27)28)30-19(11)13-4-2-3-12(7-13)9-24-14-5-6-15(22)16(23)8-14/h2-8,24H,9-10H2,1H3,(H,25,26)(H,27,28). The molecule has 3 N–H and O–H groups in total. The Hall–Kier alpha value is -3.46. The second-order valence-corrected chi connectivity index (χ2v) is 7.41. The number of ether oxygens (including phenoxy) is 1. The molecule has 0 radical (unpaired) electrons. The quantitative estimate of drug-likeness (QED) is 0.473. The Balaban J connectivity index is 1.86. The van der Waals surface area contributed by atoms with E-state index in [1.54, 1.807) is 19.1 Å². The smallest absolute Gasteiger partial charge is 0.349 e. The van der Waals surface area contributed by atoms with E-state index in [9.17, 15) is 23.5 Å². The second kappa shape index (κ2) is 8.91. The van der Waals surface area contributed by atoms with Crippen LogP contribution in [0.25, 0.3) is 10.4 Å². The van der Waals surface area contributed by atoms with Gasteiger partial charge in [-0.2, -0.15) is 0 Å². The van der Waals surface area contributed by atoms with Crippen LogP contribution in [0, 0.1) is 18.6 Å². The average Bonchev–Trinajstić information content (AvgIpc) is 3.04. The summed E-state index contributed by atoms with van der Waals surface area (Å²) in [5.74, 6) is -4.24. The lowest BCUT2D eigenvalue weighted by molar-refractivity contribution is -0.139. The van der Waals surface area contributed by atoms with E-state index in [0.717, 1.165) is 34.6 Å². The number of aromatic carboxylic acids is 1. The summed E-state index contributed by atoms with van der Waals surface area (Å²) in [6, 6.07) is 10.8.